The number of ether oxygens (including phenoxy) is 1. The third-order valence-electron chi connectivity index (χ3n) is 6.00. The Hall–Kier alpha value is -2.65. The number of carbonyl (C=O) groups is 1. The van der Waals surface area contributed by atoms with E-state index in [2.05, 4.69) is 10.6 Å². The van der Waals surface area contributed by atoms with Crippen LogP contribution in [0.3, 0.4) is 0 Å². The molecule has 172 valence electrons. The molecule has 0 saturated carbocycles. The van der Waals surface area contributed by atoms with Crippen LogP contribution < -0.4 is 10.6 Å². The van der Waals surface area contributed by atoms with Gasteiger partial charge in [-0.2, -0.15) is 13.2 Å². The molecule has 0 radical (unpaired) electrons. The van der Waals surface area contributed by atoms with E-state index in [1.165, 1.54) is 12.1 Å². The minimum absolute atomic E-state index is 0.0380. The van der Waals surface area contributed by atoms with Gasteiger partial charge in [-0.25, -0.2) is 9.18 Å². The zero-order valence-corrected chi connectivity index (χ0v) is 17.6. The number of hydrogen-bond acceptors (Lipinski definition) is 3. The Labute approximate surface area is 183 Å². The van der Waals surface area contributed by atoms with Crippen molar-refractivity contribution in [2.75, 3.05) is 26.2 Å². The van der Waals surface area contributed by atoms with Gasteiger partial charge in [0.15, 0.2) is 0 Å². The van der Waals surface area contributed by atoms with Crippen LogP contribution in [0.5, 0.6) is 0 Å². The second kappa shape index (κ2) is 8.71. The fourth-order valence-electron chi connectivity index (χ4n) is 4.43. The highest BCUT2D eigenvalue weighted by Crippen LogP contribution is 2.33. The van der Waals surface area contributed by atoms with E-state index in [0.717, 1.165) is 25.1 Å². The minimum atomic E-state index is -4.44. The fraction of sp³-hybridized carbons (Fsp3) is 0.435. The van der Waals surface area contributed by atoms with E-state index in [1.54, 1.807) is 30.0 Å². The summed E-state index contributed by atoms with van der Waals surface area (Å²) in [6.45, 7) is 3.43. The summed E-state index contributed by atoms with van der Waals surface area (Å²) in [6.07, 6.45) is -3.61. The molecule has 2 aromatic rings. The summed E-state index contributed by atoms with van der Waals surface area (Å²) in [5, 5.41) is 6.23. The molecule has 2 aliphatic rings. The molecule has 9 heteroatoms. The monoisotopic (exact) mass is 451 g/mol. The maximum absolute atomic E-state index is 13.5. The Bertz CT molecular complexity index is 974. The van der Waals surface area contributed by atoms with Crippen molar-refractivity contribution >= 4 is 6.03 Å². The van der Waals surface area contributed by atoms with E-state index in [4.69, 9.17) is 4.74 Å². The smallest absolute Gasteiger partial charge is 0.374 e. The molecule has 2 saturated heterocycles. The molecule has 2 amide bonds. The summed E-state index contributed by atoms with van der Waals surface area (Å²) in [5.74, 6) is -0.398. The summed E-state index contributed by atoms with van der Waals surface area (Å²) in [5.41, 5.74) is -0.0859. The van der Waals surface area contributed by atoms with Crippen LogP contribution >= 0.6 is 0 Å². The molecule has 2 aliphatic heterocycles. The lowest BCUT2D eigenvalue weighted by Gasteiger charge is -2.30. The third kappa shape index (κ3) is 4.73. The largest absolute Gasteiger partial charge is 0.416 e. The summed E-state index contributed by atoms with van der Waals surface area (Å²) in [7, 11) is 0. The Kier molecular flexibility index (Phi) is 6.13. The van der Waals surface area contributed by atoms with E-state index >= 15 is 0 Å². The van der Waals surface area contributed by atoms with Gasteiger partial charge in [0.05, 0.1) is 25.3 Å². The minimum Gasteiger partial charge on any atom is -0.374 e. The maximum Gasteiger partial charge on any atom is 0.416 e. The predicted molar refractivity (Wildman–Crippen MR) is 110 cm³/mol. The molecular formula is C23H25F4N3O2. The normalized spacial score (nSPS) is 23.6. The maximum atomic E-state index is 13.5. The number of carbonyl (C=O) groups excluding carboxylic acids is 1. The van der Waals surface area contributed by atoms with Gasteiger partial charge in [-0.05, 0) is 55.3 Å². The first-order chi connectivity index (χ1) is 15.2. The highest BCUT2D eigenvalue weighted by atomic mass is 19.4. The van der Waals surface area contributed by atoms with Crippen LogP contribution in [0.15, 0.2) is 42.5 Å². The van der Waals surface area contributed by atoms with Crippen molar-refractivity contribution in [1.29, 1.82) is 0 Å². The van der Waals surface area contributed by atoms with Crippen molar-refractivity contribution < 1.29 is 27.1 Å². The van der Waals surface area contributed by atoms with Gasteiger partial charge < -0.3 is 20.3 Å². The zero-order chi connectivity index (χ0) is 22.9. The second-order valence-corrected chi connectivity index (χ2v) is 8.49. The second-order valence-electron chi connectivity index (χ2n) is 8.49. The van der Waals surface area contributed by atoms with Crippen molar-refractivity contribution in [3.8, 4) is 0 Å². The average molecular weight is 451 g/mol. The van der Waals surface area contributed by atoms with Gasteiger partial charge >= 0.3 is 12.2 Å². The summed E-state index contributed by atoms with van der Waals surface area (Å²) in [4.78, 5) is 14.5. The number of benzene rings is 2. The van der Waals surface area contributed by atoms with Crippen LogP contribution in [0.4, 0.5) is 22.4 Å². The summed E-state index contributed by atoms with van der Waals surface area (Å²) in [6, 6.07) is 9.45. The lowest BCUT2D eigenvalue weighted by Crippen LogP contribution is -2.45. The SMILES string of the molecule is Cc1cc(COCC2(c3ccc(F)cc3)CN(C3CCNC3)C(=O)N2)cc(C(F)(F)F)c1. The molecule has 2 aromatic carbocycles. The van der Waals surface area contributed by atoms with Crippen LogP contribution in [0.1, 0.15) is 28.7 Å². The highest BCUT2D eigenvalue weighted by Gasteiger charge is 2.46. The number of urea groups is 1. The van der Waals surface area contributed by atoms with Crippen LogP contribution in [0.25, 0.3) is 0 Å². The molecule has 2 N–H and O–H groups in total. The third-order valence-corrected chi connectivity index (χ3v) is 6.00. The van der Waals surface area contributed by atoms with Crippen LogP contribution in [0, 0.1) is 12.7 Å². The average Bonchev–Trinajstić information content (AvgIpc) is 3.36. The number of hydrogen-bond donors (Lipinski definition) is 2. The molecule has 0 bridgehead atoms. The van der Waals surface area contributed by atoms with E-state index in [9.17, 15) is 22.4 Å². The Morgan fingerprint density at radius 3 is 2.59 bits per heavy atom. The van der Waals surface area contributed by atoms with Crippen molar-refractivity contribution in [1.82, 2.24) is 15.5 Å². The number of amides is 2. The van der Waals surface area contributed by atoms with Gasteiger partial charge in [0, 0.05) is 12.6 Å². The zero-order valence-electron chi connectivity index (χ0n) is 17.6. The molecule has 2 fully saturated rings. The highest BCUT2D eigenvalue weighted by molar-refractivity contribution is 5.79. The first kappa shape index (κ1) is 22.5. The molecule has 32 heavy (non-hydrogen) atoms. The Morgan fingerprint density at radius 1 is 1.19 bits per heavy atom. The van der Waals surface area contributed by atoms with E-state index < -0.39 is 23.1 Å². The molecular weight excluding hydrogens is 426 g/mol. The number of rotatable bonds is 6. The molecule has 0 spiro atoms. The van der Waals surface area contributed by atoms with Crippen molar-refractivity contribution in [3.63, 3.8) is 0 Å². The number of alkyl halides is 3. The molecule has 0 aromatic heterocycles. The van der Waals surface area contributed by atoms with Gasteiger partial charge in [-0.3, -0.25) is 0 Å². The predicted octanol–water partition coefficient (Wildman–Crippen LogP) is 3.95. The molecule has 0 aliphatic carbocycles. The number of halogens is 4. The topological polar surface area (TPSA) is 53.6 Å². The van der Waals surface area contributed by atoms with Crippen molar-refractivity contribution in [2.24, 2.45) is 0 Å². The molecule has 2 unspecified atom stereocenters. The van der Waals surface area contributed by atoms with Gasteiger partial charge in [-0.15, -0.1) is 0 Å². The van der Waals surface area contributed by atoms with Crippen molar-refractivity contribution in [3.05, 3.63) is 70.5 Å². The first-order valence-corrected chi connectivity index (χ1v) is 10.5. The molecule has 4 rings (SSSR count). The number of aryl methyl sites for hydroxylation is 1. The standard InChI is InChI=1S/C23H25F4N3O2/c1-15-8-16(10-18(9-15)23(25,26)27)12-32-14-22(17-2-4-19(24)5-3-17)13-30(21(31)29-22)20-6-7-28-11-20/h2-5,8-10,20,28H,6-7,11-14H2,1H3,(H,29,31). The Balaban J connectivity index is 1.54. The van der Waals surface area contributed by atoms with E-state index in [1.807, 2.05) is 0 Å². The lowest BCUT2D eigenvalue weighted by molar-refractivity contribution is -0.137. The number of nitrogens with zero attached hydrogens (tertiary/aromatic N) is 1. The molecule has 5 nitrogen and oxygen atoms in total. The van der Waals surface area contributed by atoms with Crippen LogP contribution in [-0.2, 0) is 23.1 Å². The van der Waals surface area contributed by atoms with Crippen LogP contribution in [0.2, 0.25) is 0 Å². The van der Waals surface area contributed by atoms with Crippen LogP contribution in [-0.4, -0.2) is 43.2 Å². The summed E-state index contributed by atoms with van der Waals surface area (Å²) < 4.78 is 58.8. The van der Waals surface area contributed by atoms with Gasteiger partial charge in [0.25, 0.3) is 0 Å². The number of nitrogens with one attached hydrogen (secondary N) is 2. The first-order valence-electron chi connectivity index (χ1n) is 10.5. The lowest BCUT2D eigenvalue weighted by atomic mass is 9.91. The molecule has 2 atom stereocenters. The van der Waals surface area contributed by atoms with Crippen molar-refractivity contribution in [2.45, 2.75) is 37.7 Å². The Morgan fingerprint density at radius 2 is 1.94 bits per heavy atom. The van der Waals surface area contributed by atoms with Gasteiger partial charge in [-0.1, -0.05) is 23.8 Å². The quantitative estimate of drug-likeness (QED) is 0.654. The molecule has 2 heterocycles. The van der Waals surface area contributed by atoms with Gasteiger partial charge in [0.2, 0.25) is 0 Å². The van der Waals surface area contributed by atoms with E-state index in [0.29, 0.717) is 29.8 Å². The fourth-order valence-corrected chi connectivity index (χ4v) is 4.43. The van der Waals surface area contributed by atoms with Gasteiger partial charge in [0.1, 0.15) is 11.4 Å². The summed E-state index contributed by atoms with van der Waals surface area (Å²) >= 11 is 0. The van der Waals surface area contributed by atoms with E-state index in [-0.39, 0.29) is 25.3 Å².